The van der Waals surface area contributed by atoms with Crippen molar-refractivity contribution in [2.45, 2.75) is 38.1 Å². The minimum atomic E-state index is -0.719. The topological polar surface area (TPSA) is 15.3 Å². The van der Waals surface area contributed by atoms with Crippen LogP contribution in [-0.4, -0.2) is 31.1 Å². The van der Waals surface area contributed by atoms with Crippen molar-refractivity contribution in [2.24, 2.45) is 5.92 Å². The van der Waals surface area contributed by atoms with Gasteiger partial charge in [-0.05, 0) is 24.8 Å². The molecule has 2 aliphatic rings. The Morgan fingerprint density at radius 2 is 1.76 bits per heavy atom. The molecule has 1 aromatic rings. The molecule has 0 unspecified atom stereocenters. The second-order valence-electron chi connectivity index (χ2n) is 6.27. The van der Waals surface area contributed by atoms with Crippen LogP contribution in [0.5, 0.6) is 0 Å². The second-order valence-corrected chi connectivity index (χ2v) is 6.27. The first-order chi connectivity index (χ1) is 10.3. The van der Waals surface area contributed by atoms with E-state index < -0.39 is 11.6 Å². The molecule has 116 valence electrons. The summed E-state index contributed by atoms with van der Waals surface area (Å²) in [6.07, 6.45) is 5.96. The highest BCUT2D eigenvalue weighted by Crippen LogP contribution is 2.39. The lowest BCUT2D eigenvalue weighted by Gasteiger charge is -2.41. The van der Waals surface area contributed by atoms with Crippen molar-refractivity contribution in [3.8, 4) is 0 Å². The fraction of sp³-hybridized carbons (Fsp3) is 0.647. The molecule has 1 aliphatic heterocycles. The van der Waals surface area contributed by atoms with Gasteiger partial charge < -0.3 is 5.32 Å². The third-order valence-electron chi connectivity index (χ3n) is 4.94. The normalized spacial score (nSPS) is 23.1. The van der Waals surface area contributed by atoms with Crippen LogP contribution in [0, 0.1) is 17.6 Å². The Morgan fingerprint density at radius 3 is 2.48 bits per heavy atom. The highest BCUT2D eigenvalue weighted by Gasteiger charge is 2.33. The van der Waals surface area contributed by atoms with Crippen LogP contribution in [0.2, 0.25) is 0 Å². The van der Waals surface area contributed by atoms with E-state index >= 15 is 0 Å². The Morgan fingerprint density at radius 1 is 1.05 bits per heavy atom. The lowest BCUT2D eigenvalue weighted by atomic mass is 9.80. The highest BCUT2D eigenvalue weighted by molar-refractivity contribution is 5.24. The molecule has 1 saturated carbocycles. The summed E-state index contributed by atoms with van der Waals surface area (Å²) in [7, 11) is 0. The van der Waals surface area contributed by atoms with E-state index in [-0.39, 0.29) is 6.04 Å². The lowest BCUT2D eigenvalue weighted by molar-refractivity contribution is 0.1000. The molecule has 2 nitrogen and oxygen atoms in total. The van der Waals surface area contributed by atoms with Crippen molar-refractivity contribution >= 4 is 0 Å². The Hall–Kier alpha value is -1.00. The maximum Gasteiger partial charge on any atom is 0.163 e. The molecule has 21 heavy (non-hydrogen) atoms. The van der Waals surface area contributed by atoms with Gasteiger partial charge in [0.05, 0.1) is 0 Å². The van der Waals surface area contributed by atoms with Crippen LogP contribution >= 0.6 is 0 Å². The van der Waals surface area contributed by atoms with Gasteiger partial charge in [-0.25, -0.2) is 8.78 Å². The number of rotatable bonds is 3. The standard InChI is InChI=1S/C17H24F2N2/c18-15-8-4-7-14(16(15)19)17(13-5-2-1-3-6-13)21-11-9-20-10-12-21/h4,7-8,13,17,20H,1-3,5-6,9-12H2/t17-/m1/s1. The molecule has 0 aromatic heterocycles. The summed E-state index contributed by atoms with van der Waals surface area (Å²) in [4.78, 5) is 2.35. The quantitative estimate of drug-likeness (QED) is 0.918. The van der Waals surface area contributed by atoms with Crippen molar-refractivity contribution in [1.29, 1.82) is 0 Å². The van der Waals surface area contributed by atoms with E-state index in [0.717, 1.165) is 39.0 Å². The fourth-order valence-electron chi connectivity index (χ4n) is 3.91. The average molecular weight is 294 g/mol. The van der Waals surface area contributed by atoms with Crippen molar-refractivity contribution in [3.63, 3.8) is 0 Å². The number of nitrogens with one attached hydrogen (secondary N) is 1. The molecule has 4 heteroatoms. The maximum atomic E-state index is 14.3. The average Bonchev–Trinajstić information content (AvgIpc) is 2.54. The number of halogens is 2. The first-order valence-electron chi connectivity index (χ1n) is 8.16. The van der Waals surface area contributed by atoms with E-state index in [1.807, 2.05) is 0 Å². The van der Waals surface area contributed by atoms with Gasteiger partial charge in [0.15, 0.2) is 11.6 Å². The summed E-state index contributed by atoms with van der Waals surface area (Å²) in [6, 6.07) is 4.67. The molecule has 0 amide bonds. The molecule has 1 atom stereocenters. The molecule has 3 rings (SSSR count). The predicted molar refractivity (Wildman–Crippen MR) is 80.1 cm³/mol. The van der Waals surface area contributed by atoms with Crippen LogP contribution in [0.1, 0.15) is 43.7 Å². The summed E-state index contributed by atoms with van der Waals surface area (Å²) in [5.41, 5.74) is 0.559. The molecule has 1 aromatic carbocycles. The minimum Gasteiger partial charge on any atom is -0.314 e. The third-order valence-corrected chi connectivity index (χ3v) is 4.94. The van der Waals surface area contributed by atoms with Crippen LogP contribution < -0.4 is 5.32 Å². The summed E-state index contributed by atoms with van der Waals surface area (Å²) < 4.78 is 28.0. The zero-order valence-corrected chi connectivity index (χ0v) is 12.5. The number of nitrogens with zero attached hydrogens (tertiary/aromatic N) is 1. The zero-order valence-electron chi connectivity index (χ0n) is 12.5. The fourth-order valence-corrected chi connectivity index (χ4v) is 3.91. The maximum absolute atomic E-state index is 14.3. The van der Waals surface area contributed by atoms with Crippen molar-refractivity contribution in [1.82, 2.24) is 10.2 Å². The van der Waals surface area contributed by atoms with Gasteiger partial charge in [-0.1, -0.05) is 31.4 Å². The molecule has 1 aliphatic carbocycles. The Bertz CT molecular complexity index is 448. The van der Waals surface area contributed by atoms with Crippen LogP contribution in [0.4, 0.5) is 8.78 Å². The van der Waals surface area contributed by atoms with Crippen LogP contribution in [-0.2, 0) is 0 Å². The van der Waals surface area contributed by atoms with Crippen molar-refractivity contribution in [3.05, 3.63) is 35.4 Å². The molecule has 1 heterocycles. The summed E-state index contributed by atoms with van der Waals surface area (Å²) in [5.74, 6) is -0.914. The van der Waals surface area contributed by atoms with Gasteiger partial charge in [-0.2, -0.15) is 0 Å². The van der Waals surface area contributed by atoms with Gasteiger partial charge in [-0.3, -0.25) is 4.90 Å². The van der Waals surface area contributed by atoms with E-state index in [4.69, 9.17) is 0 Å². The van der Waals surface area contributed by atoms with Gasteiger partial charge in [-0.15, -0.1) is 0 Å². The number of hydrogen-bond donors (Lipinski definition) is 1. The van der Waals surface area contributed by atoms with Gasteiger partial charge >= 0.3 is 0 Å². The molecule has 0 radical (unpaired) electrons. The van der Waals surface area contributed by atoms with E-state index in [9.17, 15) is 8.78 Å². The monoisotopic (exact) mass is 294 g/mol. The molecular formula is C17H24F2N2. The largest absolute Gasteiger partial charge is 0.314 e. The van der Waals surface area contributed by atoms with E-state index in [1.54, 1.807) is 12.1 Å². The number of hydrogen-bond acceptors (Lipinski definition) is 2. The predicted octanol–water partition coefficient (Wildman–Crippen LogP) is 3.49. The number of piperazine rings is 1. The summed E-state index contributed by atoms with van der Waals surface area (Å²) >= 11 is 0. The van der Waals surface area contributed by atoms with E-state index in [2.05, 4.69) is 10.2 Å². The molecule has 0 spiro atoms. The highest BCUT2D eigenvalue weighted by atomic mass is 19.2. The Balaban J connectivity index is 1.91. The van der Waals surface area contributed by atoms with Crippen LogP contribution in [0.25, 0.3) is 0 Å². The van der Waals surface area contributed by atoms with Gasteiger partial charge in [0, 0.05) is 37.8 Å². The number of benzene rings is 1. The van der Waals surface area contributed by atoms with Gasteiger partial charge in [0.25, 0.3) is 0 Å². The smallest absolute Gasteiger partial charge is 0.163 e. The molecular weight excluding hydrogens is 270 g/mol. The van der Waals surface area contributed by atoms with Crippen molar-refractivity contribution in [2.75, 3.05) is 26.2 Å². The molecule has 1 saturated heterocycles. The minimum absolute atomic E-state index is 0.0306. The Kier molecular flexibility index (Phi) is 4.86. The first-order valence-corrected chi connectivity index (χ1v) is 8.16. The van der Waals surface area contributed by atoms with E-state index in [0.29, 0.717) is 11.5 Å². The van der Waals surface area contributed by atoms with E-state index in [1.165, 1.54) is 25.3 Å². The van der Waals surface area contributed by atoms with Crippen molar-refractivity contribution < 1.29 is 8.78 Å². The summed E-state index contributed by atoms with van der Waals surface area (Å²) in [5, 5.41) is 3.34. The summed E-state index contributed by atoms with van der Waals surface area (Å²) in [6.45, 7) is 3.69. The first kappa shape index (κ1) is 14.9. The lowest BCUT2D eigenvalue weighted by Crippen LogP contribution is -2.47. The van der Waals surface area contributed by atoms with Gasteiger partial charge in [0.2, 0.25) is 0 Å². The molecule has 1 N–H and O–H groups in total. The van der Waals surface area contributed by atoms with Crippen LogP contribution in [0.3, 0.4) is 0 Å². The van der Waals surface area contributed by atoms with Crippen LogP contribution in [0.15, 0.2) is 18.2 Å². The molecule has 2 fully saturated rings. The zero-order chi connectivity index (χ0) is 14.7. The van der Waals surface area contributed by atoms with Gasteiger partial charge in [0.1, 0.15) is 0 Å². The SMILES string of the molecule is Fc1cccc([C@@H](C2CCCCC2)N2CCNCC2)c1F. The Labute approximate surface area is 125 Å². The second kappa shape index (κ2) is 6.84. The third kappa shape index (κ3) is 3.27. The molecule has 0 bridgehead atoms.